The monoisotopic (exact) mass is 351 g/mol. The van der Waals surface area contributed by atoms with Crippen LogP contribution >= 0.6 is 7.82 Å². The van der Waals surface area contributed by atoms with Gasteiger partial charge in [-0.3, -0.25) is 4.57 Å². The lowest BCUT2D eigenvalue weighted by molar-refractivity contribution is -0.947. The number of rotatable bonds is 12. The molecule has 8 heteroatoms. The van der Waals surface area contributed by atoms with Gasteiger partial charge in [-0.05, 0) is 34.1 Å². The first kappa shape index (κ1) is 22.3. The molecule has 0 radical (unpaired) electrons. The number of phosphoric acid groups is 1. The molecule has 0 fully saturated rings. The van der Waals surface area contributed by atoms with Gasteiger partial charge in [0.25, 0.3) is 7.82 Å². The van der Waals surface area contributed by atoms with Crippen LogP contribution < -0.4 is 4.89 Å². The van der Waals surface area contributed by atoms with Crippen molar-refractivity contribution in [1.29, 1.82) is 0 Å². The molecule has 0 saturated heterocycles. The highest BCUT2D eigenvalue weighted by Crippen LogP contribution is 2.32. The molecular weight excluding hydrogens is 321 g/mol. The SMILES string of the molecule is CC=CC(=O)OCCCC(COP(=O)([O-])O)[N+](CC)(CC)CC. The van der Waals surface area contributed by atoms with E-state index in [2.05, 4.69) is 4.52 Å². The van der Waals surface area contributed by atoms with Crippen LogP contribution in [0, 0.1) is 0 Å². The number of nitrogens with zero attached hydrogens (tertiary/aromatic N) is 1. The summed E-state index contributed by atoms with van der Waals surface area (Å²) in [5, 5.41) is 0. The number of carbonyl (C=O) groups excluding carboxylic acids is 1. The van der Waals surface area contributed by atoms with Crippen LogP contribution in [0.2, 0.25) is 0 Å². The third kappa shape index (κ3) is 8.63. The van der Waals surface area contributed by atoms with E-state index in [0.29, 0.717) is 17.3 Å². The molecule has 0 spiro atoms. The summed E-state index contributed by atoms with van der Waals surface area (Å²) < 4.78 is 21.3. The first-order chi connectivity index (χ1) is 10.7. The van der Waals surface area contributed by atoms with Crippen LogP contribution in [0.1, 0.15) is 40.5 Å². The summed E-state index contributed by atoms with van der Waals surface area (Å²) in [6, 6.07) is -0.0927. The Morgan fingerprint density at radius 1 is 1.30 bits per heavy atom. The van der Waals surface area contributed by atoms with Gasteiger partial charge in [-0.1, -0.05) is 6.08 Å². The van der Waals surface area contributed by atoms with Crippen molar-refractivity contribution in [2.45, 2.75) is 46.6 Å². The van der Waals surface area contributed by atoms with Crippen molar-refractivity contribution < 1.29 is 32.9 Å². The van der Waals surface area contributed by atoms with Crippen LogP contribution in [0.25, 0.3) is 0 Å². The average molecular weight is 351 g/mol. The number of phosphoric ester groups is 1. The predicted molar refractivity (Wildman–Crippen MR) is 86.5 cm³/mol. The lowest BCUT2D eigenvalue weighted by atomic mass is 10.1. The molecule has 0 aromatic carbocycles. The molecule has 2 atom stereocenters. The molecule has 23 heavy (non-hydrogen) atoms. The van der Waals surface area contributed by atoms with Gasteiger partial charge in [0.15, 0.2) is 0 Å². The van der Waals surface area contributed by atoms with Gasteiger partial charge in [0, 0.05) is 12.5 Å². The normalized spacial score (nSPS) is 16.3. The molecule has 0 heterocycles. The fourth-order valence-corrected chi connectivity index (χ4v) is 3.18. The van der Waals surface area contributed by atoms with Crippen molar-refractivity contribution >= 4 is 13.8 Å². The summed E-state index contributed by atoms with van der Waals surface area (Å²) in [5.41, 5.74) is 0. The van der Waals surface area contributed by atoms with Crippen molar-refractivity contribution in [2.75, 3.05) is 32.8 Å². The van der Waals surface area contributed by atoms with E-state index in [1.165, 1.54) is 6.08 Å². The molecule has 0 amide bonds. The third-order valence-electron chi connectivity index (χ3n) is 4.32. The van der Waals surface area contributed by atoms with E-state index in [0.717, 1.165) is 19.6 Å². The van der Waals surface area contributed by atoms with E-state index in [-0.39, 0.29) is 25.2 Å². The Bertz CT molecular complexity index is 408. The molecule has 0 bridgehead atoms. The second-order valence-electron chi connectivity index (χ2n) is 5.40. The van der Waals surface area contributed by atoms with E-state index < -0.39 is 7.82 Å². The Morgan fingerprint density at radius 2 is 1.87 bits per heavy atom. The standard InChI is InChI=1S/C15H30NO6P/c1-5-10-15(17)21-12-9-11-14(13-22-23(18,19)20)16(6-2,7-3)8-4/h5,10,14H,6-9,11-13H2,1-4H3,(H-,18,19,20). The summed E-state index contributed by atoms with van der Waals surface area (Å²) in [4.78, 5) is 31.0. The van der Waals surface area contributed by atoms with E-state index in [9.17, 15) is 14.3 Å². The van der Waals surface area contributed by atoms with Crippen molar-refractivity contribution in [3.8, 4) is 0 Å². The maximum absolute atomic E-state index is 11.3. The topological polar surface area (TPSA) is 95.9 Å². The number of allylic oxidation sites excluding steroid dienone is 1. The van der Waals surface area contributed by atoms with Gasteiger partial charge < -0.3 is 23.5 Å². The minimum atomic E-state index is -4.74. The molecule has 0 aliphatic rings. The molecule has 1 N–H and O–H groups in total. The summed E-state index contributed by atoms with van der Waals surface area (Å²) >= 11 is 0. The predicted octanol–water partition coefficient (Wildman–Crippen LogP) is 1.61. The second-order valence-corrected chi connectivity index (χ2v) is 6.59. The zero-order valence-corrected chi connectivity index (χ0v) is 15.5. The molecule has 0 saturated carbocycles. The zero-order chi connectivity index (χ0) is 17.9. The number of carbonyl (C=O) groups is 1. The van der Waals surface area contributed by atoms with Gasteiger partial charge in [0.05, 0.1) is 26.2 Å². The molecule has 0 aliphatic heterocycles. The lowest BCUT2D eigenvalue weighted by Crippen LogP contribution is -2.57. The quantitative estimate of drug-likeness (QED) is 0.189. The number of hydrogen-bond acceptors (Lipinski definition) is 5. The number of ether oxygens (including phenoxy) is 1. The van der Waals surface area contributed by atoms with Crippen LogP contribution in [0.3, 0.4) is 0 Å². The highest BCUT2D eigenvalue weighted by Gasteiger charge is 2.33. The lowest BCUT2D eigenvalue weighted by Gasteiger charge is -2.43. The van der Waals surface area contributed by atoms with Crippen molar-refractivity contribution in [1.82, 2.24) is 0 Å². The van der Waals surface area contributed by atoms with Gasteiger partial charge in [-0.15, -0.1) is 0 Å². The van der Waals surface area contributed by atoms with Crippen LogP contribution in [0.15, 0.2) is 12.2 Å². The van der Waals surface area contributed by atoms with E-state index in [1.54, 1.807) is 13.0 Å². The van der Waals surface area contributed by atoms with Gasteiger partial charge >= 0.3 is 5.97 Å². The first-order valence-corrected chi connectivity index (χ1v) is 9.57. The third-order valence-corrected chi connectivity index (χ3v) is 4.80. The highest BCUT2D eigenvalue weighted by atomic mass is 31.2. The number of hydrogen-bond donors (Lipinski definition) is 1. The molecule has 0 rings (SSSR count). The summed E-state index contributed by atoms with van der Waals surface area (Å²) in [5.74, 6) is -0.387. The number of likely N-dealkylation sites (N-methyl/N-ethyl adjacent to an activating group) is 1. The highest BCUT2D eigenvalue weighted by molar-refractivity contribution is 7.44. The maximum atomic E-state index is 11.3. The van der Waals surface area contributed by atoms with Crippen LogP contribution in [0.4, 0.5) is 0 Å². The molecule has 7 nitrogen and oxygen atoms in total. The van der Waals surface area contributed by atoms with Crippen LogP contribution in [-0.4, -0.2) is 54.2 Å². The Morgan fingerprint density at radius 3 is 2.30 bits per heavy atom. The van der Waals surface area contributed by atoms with Gasteiger partial charge in [-0.25, -0.2) is 4.79 Å². The summed E-state index contributed by atoms with van der Waals surface area (Å²) in [6.07, 6.45) is 4.20. The van der Waals surface area contributed by atoms with E-state index >= 15 is 0 Å². The van der Waals surface area contributed by atoms with Gasteiger partial charge in [0.2, 0.25) is 0 Å². The van der Waals surface area contributed by atoms with Gasteiger partial charge in [0.1, 0.15) is 12.6 Å². The van der Waals surface area contributed by atoms with Crippen LogP contribution in [0.5, 0.6) is 0 Å². The molecule has 2 unspecified atom stereocenters. The van der Waals surface area contributed by atoms with E-state index in [1.807, 2.05) is 20.8 Å². The fraction of sp³-hybridized carbons (Fsp3) is 0.800. The number of quaternary nitrogens is 1. The fourth-order valence-electron chi connectivity index (χ4n) is 2.82. The Balaban J connectivity index is 4.72. The molecule has 136 valence electrons. The van der Waals surface area contributed by atoms with Crippen molar-refractivity contribution in [3.63, 3.8) is 0 Å². The van der Waals surface area contributed by atoms with Crippen molar-refractivity contribution in [2.24, 2.45) is 0 Å². The molecule has 0 aromatic heterocycles. The Hall–Kier alpha value is -0.720. The maximum Gasteiger partial charge on any atom is 0.330 e. The second kappa shape index (κ2) is 10.9. The molecule has 0 aliphatic carbocycles. The summed E-state index contributed by atoms with van der Waals surface area (Å²) in [7, 11) is -4.74. The minimum Gasteiger partial charge on any atom is -0.756 e. The average Bonchev–Trinajstić information content (AvgIpc) is 2.49. The molecule has 0 aromatic rings. The Kier molecular flexibility index (Phi) is 10.6. The first-order valence-electron chi connectivity index (χ1n) is 8.08. The molecular formula is C15H30NO6P. The van der Waals surface area contributed by atoms with Gasteiger partial charge in [-0.2, -0.15) is 0 Å². The van der Waals surface area contributed by atoms with E-state index in [4.69, 9.17) is 9.63 Å². The summed E-state index contributed by atoms with van der Waals surface area (Å²) in [6.45, 7) is 10.5. The zero-order valence-electron chi connectivity index (χ0n) is 14.6. The minimum absolute atomic E-state index is 0.0738. The number of esters is 1. The smallest absolute Gasteiger partial charge is 0.330 e. The largest absolute Gasteiger partial charge is 0.756 e. The van der Waals surface area contributed by atoms with Crippen LogP contribution in [-0.2, 0) is 18.6 Å². The Labute approximate surface area is 139 Å². The van der Waals surface area contributed by atoms with Crippen molar-refractivity contribution in [3.05, 3.63) is 12.2 Å².